The van der Waals surface area contributed by atoms with Gasteiger partial charge >= 0.3 is 0 Å². The van der Waals surface area contributed by atoms with E-state index in [1.54, 1.807) is 11.3 Å². The second-order valence-electron chi connectivity index (χ2n) is 6.64. The zero-order chi connectivity index (χ0) is 17.3. The lowest BCUT2D eigenvalue weighted by molar-refractivity contribution is -0.123. The van der Waals surface area contributed by atoms with Crippen LogP contribution in [0.15, 0.2) is 17.5 Å². The van der Waals surface area contributed by atoms with Gasteiger partial charge in [-0.2, -0.15) is 5.10 Å². The van der Waals surface area contributed by atoms with Crippen LogP contribution in [0.2, 0.25) is 0 Å². The third kappa shape index (κ3) is 3.39. The van der Waals surface area contributed by atoms with Crippen molar-refractivity contribution in [2.24, 2.45) is 7.05 Å². The highest BCUT2D eigenvalue weighted by Crippen LogP contribution is 2.35. The fraction of sp³-hybridized carbons (Fsp3) is 0.556. The van der Waals surface area contributed by atoms with Gasteiger partial charge in [-0.1, -0.05) is 6.07 Å². The van der Waals surface area contributed by atoms with E-state index in [0.717, 1.165) is 25.1 Å². The number of thiophene rings is 1. The summed E-state index contributed by atoms with van der Waals surface area (Å²) in [6, 6.07) is 4.46. The molecule has 0 bridgehead atoms. The summed E-state index contributed by atoms with van der Waals surface area (Å²) in [5, 5.41) is 9.71. The normalized spacial score (nSPS) is 19.6. The summed E-state index contributed by atoms with van der Waals surface area (Å²) in [4.78, 5) is 16.0. The Morgan fingerprint density at radius 2 is 2.29 bits per heavy atom. The summed E-state index contributed by atoms with van der Waals surface area (Å²) < 4.78 is 1.94. The first-order valence-electron chi connectivity index (χ1n) is 8.54. The highest BCUT2D eigenvalue weighted by molar-refractivity contribution is 7.10. The molecule has 0 aliphatic carbocycles. The van der Waals surface area contributed by atoms with E-state index in [0.29, 0.717) is 12.6 Å². The Bertz CT molecular complexity index is 707. The smallest absolute Gasteiger partial charge is 0.234 e. The third-order valence-electron chi connectivity index (χ3n) is 4.96. The van der Waals surface area contributed by atoms with Gasteiger partial charge in [0.25, 0.3) is 0 Å². The van der Waals surface area contributed by atoms with Gasteiger partial charge < -0.3 is 5.32 Å². The second kappa shape index (κ2) is 7.07. The average molecular weight is 346 g/mol. The Morgan fingerprint density at radius 3 is 2.92 bits per heavy atom. The number of aryl methyl sites for hydroxylation is 2. The molecule has 3 rings (SSSR count). The fourth-order valence-electron chi connectivity index (χ4n) is 3.69. The van der Waals surface area contributed by atoms with Crippen LogP contribution < -0.4 is 5.32 Å². The van der Waals surface area contributed by atoms with Crippen LogP contribution in [0.25, 0.3) is 0 Å². The molecule has 6 heteroatoms. The van der Waals surface area contributed by atoms with Gasteiger partial charge in [-0.25, -0.2) is 0 Å². The van der Waals surface area contributed by atoms with Crippen molar-refractivity contribution in [1.82, 2.24) is 20.0 Å². The van der Waals surface area contributed by atoms with Crippen molar-refractivity contribution in [2.75, 3.05) is 13.1 Å². The summed E-state index contributed by atoms with van der Waals surface area (Å²) >= 11 is 1.68. The van der Waals surface area contributed by atoms with Crippen molar-refractivity contribution >= 4 is 17.2 Å². The van der Waals surface area contributed by atoms with Crippen LogP contribution in [0.3, 0.4) is 0 Å². The zero-order valence-corrected chi connectivity index (χ0v) is 15.7. The van der Waals surface area contributed by atoms with Gasteiger partial charge in [-0.3, -0.25) is 14.4 Å². The largest absolute Gasteiger partial charge is 0.348 e. The van der Waals surface area contributed by atoms with E-state index in [9.17, 15) is 4.79 Å². The number of nitrogens with zero attached hydrogens (tertiary/aromatic N) is 3. The number of hydrogen-bond acceptors (Lipinski definition) is 4. The second-order valence-corrected chi connectivity index (χ2v) is 7.62. The summed E-state index contributed by atoms with van der Waals surface area (Å²) in [5.41, 5.74) is 3.59. The maximum Gasteiger partial charge on any atom is 0.234 e. The predicted octanol–water partition coefficient (Wildman–Crippen LogP) is 3.11. The molecule has 1 fully saturated rings. The molecular formula is C18H26N4OS. The van der Waals surface area contributed by atoms with Crippen LogP contribution in [0.5, 0.6) is 0 Å². The zero-order valence-electron chi connectivity index (χ0n) is 14.9. The van der Waals surface area contributed by atoms with Crippen molar-refractivity contribution in [3.05, 3.63) is 39.3 Å². The molecule has 1 aliphatic rings. The minimum Gasteiger partial charge on any atom is -0.348 e. The Morgan fingerprint density at radius 1 is 1.50 bits per heavy atom. The highest BCUT2D eigenvalue weighted by atomic mass is 32.1. The van der Waals surface area contributed by atoms with Crippen molar-refractivity contribution < 1.29 is 4.79 Å². The Kier molecular flexibility index (Phi) is 5.06. The molecule has 24 heavy (non-hydrogen) atoms. The maximum absolute atomic E-state index is 12.5. The first-order chi connectivity index (χ1) is 11.5. The lowest BCUT2D eigenvalue weighted by Crippen LogP contribution is -2.38. The standard InChI is InChI=1S/C18H26N4OS/c1-12(16-8-6-10-24-16)19-17(23)11-22-9-5-7-15(22)18-13(2)20-21(4)14(18)3/h6,8,10,12,15H,5,7,9,11H2,1-4H3,(H,19,23)/t12-,15+/m1/s1. The molecule has 2 atom stereocenters. The lowest BCUT2D eigenvalue weighted by atomic mass is 10.0. The van der Waals surface area contributed by atoms with Crippen molar-refractivity contribution in [1.29, 1.82) is 0 Å². The molecule has 3 heterocycles. The van der Waals surface area contributed by atoms with E-state index in [1.165, 1.54) is 16.1 Å². The van der Waals surface area contributed by atoms with Crippen LogP contribution in [-0.2, 0) is 11.8 Å². The summed E-state index contributed by atoms with van der Waals surface area (Å²) in [6.45, 7) is 7.65. The van der Waals surface area contributed by atoms with Crippen molar-refractivity contribution in [3.8, 4) is 0 Å². The third-order valence-corrected chi connectivity index (χ3v) is 6.01. The van der Waals surface area contributed by atoms with Gasteiger partial charge in [0.1, 0.15) is 0 Å². The molecule has 1 N–H and O–H groups in total. The molecule has 2 aromatic rings. The van der Waals surface area contributed by atoms with Crippen LogP contribution in [0, 0.1) is 13.8 Å². The fourth-order valence-corrected chi connectivity index (χ4v) is 4.43. The highest BCUT2D eigenvalue weighted by Gasteiger charge is 2.31. The van der Waals surface area contributed by atoms with Crippen LogP contribution in [0.1, 0.15) is 53.7 Å². The maximum atomic E-state index is 12.5. The topological polar surface area (TPSA) is 50.2 Å². The number of carbonyl (C=O) groups excluding carboxylic acids is 1. The van der Waals surface area contributed by atoms with E-state index in [-0.39, 0.29) is 11.9 Å². The molecular weight excluding hydrogens is 320 g/mol. The van der Waals surface area contributed by atoms with Crippen molar-refractivity contribution in [2.45, 2.75) is 45.7 Å². The number of rotatable bonds is 5. The van der Waals surface area contributed by atoms with E-state index in [1.807, 2.05) is 30.1 Å². The molecule has 0 radical (unpaired) electrons. The molecule has 0 unspecified atom stereocenters. The van der Waals surface area contributed by atoms with Crippen LogP contribution in [0.4, 0.5) is 0 Å². The molecule has 0 spiro atoms. The minimum atomic E-state index is 0.0698. The molecule has 1 amide bonds. The summed E-state index contributed by atoms with van der Waals surface area (Å²) in [5.74, 6) is 0.0991. The molecule has 0 saturated carbocycles. The first kappa shape index (κ1) is 17.2. The molecule has 5 nitrogen and oxygen atoms in total. The number of hydrogen-bond donors (Lipinski definition) is 1. The van der Waals surface area contributed by atoms with E-state index in [4.69, 9.17) is 0 Å². The van der Waals surface area contributed by atoms with E-state index < -0.39 is 0 Å². The van der Waals surface area contributed by atoms with E-state index >= 15 is 0 Å². The Labute approximate surface area is 147 Å². The average Bonchev–Trinajstić information content (AvgIpc) is 3.23. The Balaban J connectivity index is 1.66. The minimum absolute atomic E-state index is 0.0698. The number of likely N-dealkylation sites (tertiary alicyclic amines) is 1. The molecule has 1 aliphatic heterocycles. The van der Waals surface area contributed by atoms with Gasteiger partial charge in [-0.05, 0) is 51.6 Å². The number of carbonyl (C=O) groups is 1. The number of nitrogens with one attached hydrogen (secondary N) is 1. The monoisotopic (exact) mass is 346 g/mol. The Hall–Kier alpha value is -1.66. The molecule has 130 valence electrons. The van der Waals surface area contributed by atoms with Crippen LogP contribution in [-0.4, -0.2) is 33.7 Å². The number of aromatic nitrogens is 2. The van der Waals surface area contributed by atoms with Gasteiger partial charge in [0.05, 0.1) is 18.3 Å². The molecule has 2 aromatic heterocycles. The van der Waals surface area contributed by atoms with Gasteiger partial charge in [0.2, 0.25) is 5.91 Å². The van der Waals surface area contributed by atoms with E-state index in [2.05, 4.69) is 35.2 Å². The SMILES string of the molecule is Cc1nn(C)c(C)c1[C@@H]1CCCN1CC(=O)N[C@H](C)c1cccs1. The van der Waals surface area contributed by atoms with Gasteiger partial charge in [-0.15, -0.1) is 11.3 Å². The van der Waals surface area contributed by atoms with Crippen LogP contribution >= 0.6 is 11.3 Å². The summed E-state index contributed by atoms with van der Waals surface area (Å²) in [6.07, 6.45) is 2.23. The quantitative estimate of drug-likeness (QED) is 0.905. The molecule has 0 aromatic carbocycles. The van der Waals surface area contributed by atoms with Gasteiger partial charge in [0, 0.05) is 29.2 Å². The number of amides is 1. The summed E-state index contributed by atoms with van der Waals surface area (Å²) in [7, 11) is 1.99. The predicted molar refractivity (Wildman–Crippen MR) is 97.1 cm³/mol. The first-order valence-corrected chi connectivity index (χ1v) is 9.42. The van der Waals surface area contributed by atoms with Gasteiger partial charge in [0.15, 0.2) is 0 Å². The molecule has 1 saturated heterocycles. The van der Waals surface area contributed by atoms with Crippen molar-refractivity contribution in [3.63, 3.8) is 0 Å². The lowest BCUT2D eigenvalue weighted by Gasteiger charge is -2.25.